The predicted molar refractivity (Wildman–Crippen MR) is 120 cm³/mol. The van der Waals surface area contributed by atoms with E-state index in [1.54, 1.807) is 20.4 Å². The molecule has 2 aromatic heterocycles. The average Bonchev–Trinajstić information content (AvgIpc) is 3.21. The van der Waals surface area contributed by atoms with E-state index < -0.39 is 11.8 Å². The number of hydrogen-bond acceptors (Lipinski definition) is 6. The summed E-state index contributed by atoms with van der Waals surface area (Å²) in [6.07, 6.45) is 6.31. The molecular formula is C24H30N4O4. The zero-order valence-corrected chi connectivity index (χ0v) is 19.0. The molecule has 0 radical (unpaired) electrons. The molecule has 3 rings (SSSR count). The fourth-order valence-corrected chi connectivity index (χ4v) is 3.76. The lowest BCUT2D eigenvalue weighted by molar-refractivity contribution is -0.225. The molecule has 2 heterocycles. The van der Waals surface area contributed by atoms with Crippen LogP contribution in [0.3, 0.4) is 0 Å². The van der Waals surface area contributed by atoms with E-state index in [1.807, 2.05) is 28.9 Å². The van der Waals surface area contributed by atoms with Gasteiger partial charge in [-0.05, 0) is 23.6 Å². The molecule has 0 spiro atoms. The molecule has 1 aromatic carbocycles. The highest BCUT2D eigenvalue weighted by molar-refractivity contribution is 5.95. The van der Waals surface area contributed by atoms with Gasteiger partial charge in [0.15, 0.2) is 0 Å². The van der Waals surface area contributed by atoms with Crippen molar-refractivity contribution in [2.45, 2.75) is 51.9 Å². The second kappa shape index (κ2) is 10.5. The third-order valence-electron chi connectivity index (χ3n) is 5.45. The zero-order valence-electron chi connectivity index (χ0n) is 19.0. The highest BCUT2D eigenvalue weighted by atomic mass is 16.7. The van der Waals surface area contributed by atoms with Gasteiger partial charge >= 0.3 is 5.97 Å². The average molecular weight is 439 g/mol. The Morgan fingerprint density at radius 1 is 1.09 bits per heavy atom. The fourth-order valence-electron chi connectivity index (χ4n) is 3.76. The number of aromatic carboxylic acids is 1. The monoisotopic (exact) mass is 438 g/mol. The lowest BCUT2D eigenvalue weighted by Gasteiger charge is -2.27. The van der Waals surface area contributed by atoms with Crippen molar-refractivity contribution in [1.82, 2.24) is 19.7 Å². The van der Waals surface area contributed by atoms with E-state index in [1.165, 1.54) is 12.3 Å². The summed E-state index contributed by atoms with van der Waals surface area (Å²) in [6.45, 7) is 4.71. The molecule has 8 heteroatoms. The smallest absolute Gasteiger partial charge is 0.336 e. The highest BCUT2D eigenvalue weighted by Crippen LogP contribution is 2.29. The van der Waals surface area contributed by atoms with Gasteiger partial charge < -0.3 is 14.6 Å². The number of carbonyl (C=O) groups is 1. The molecule has 0 saturated heterocycles. The molecule has 0 aliphatic rings. The molecule has 0 bridgehead atoms. The van der Waals surface area contributed by atoms with Crippen molar-refractivity contribution in [3.8, 4) is 11.1 Å². The molecule has 32 heavy (non-hydrogen) atoms. The van der Waals surface area contributed by atoms with Crippen LogP contribution in [0.4, 0.5) is 0 Å². The lowest BCUT2D eigenvalue weighted by Crippen LogP contribution is -2.32. The van der Waals surface area contributed by atoms with Crippen molar-refractivity contribution in [3.63, 3.8) is 0 Å². The van der Waals surface area contributed by atoms with Gasteiger partial charge in [-0.25, -0.2) is 14.5 Å². The Hall–Kier alpha value is -3.10. The Bertz CT molecular complexity index is 1040. The lowest BCUT2D eigenvalue weighted by atomic mass is 10.0. The van der Waals surface area contributed by atoms with Crippen molar-refractivity contribution in [2.75, 3.05) is 14.2 Å². The Kier molecular flexibility index (Phi) is 7.71. The second-order valence-corrected chi connectivity index (χ2v) is 7.59. The summed E-state index contributed by atoms with van der Waals surface area (Å²) < 4.78 is 13.3. The zero-order chi connectivity index (χ0) is 23.1. The van der Waals surface area contributed by atoms with Crippen LogP contribution in [0.5, 0.6) is 0 Å². The summed E-state index contributed by atoms with van der Waals surface area (Å²) >= 11 is 0. The molecule has 3 aromatic rings. The molecular weight excluding hydrogens is 408 g/mol. The number of nitrogens with zero attached hydrogens (tertiary/aromatic N) is 4. The number of pyridine rings is 1. The van der Waals surface area contributed by atoms with E-state index >= 15 is 0 Å². The van der Waals surface area contributed by atoms with E-state index in [2.05, 4.69) is 18.8 Å². The van der Waals surface area contributed by atoms with Crippen LogP contribution in [-0.2, 0) is 28.2 Å². The number of methoxy groups -OCH3 is 2. The quantitative estimate of drug-likeness (QED) is 0.446. The predicted octanol–water partition coefficient (Wildman–Crippen LogP) is 4.28. The van der Waals surface area contributed by atoms with Crippen LogP contribution < -0.4 is 0 Å². The van der Waals surface area contributed by atoms with E-state index in [0.29, 0.717) is 24.4 Å². The number of carboxylic acids is 1. The summed E-state index contributed by atoms with van der Waals surface area (Å²) in [5, 5.41) is 14.2. The van der Waals surface area contributed by atoms with Crippen molar-refractivity contribution in [3.05, 3.63) is 65.5 Å². The third-order valence-corrected chi connectivity index (χ3v) is 5.45. The van der Waals surface area contributed by atoms with Crippen LogP contribution in [0.15, 0.2) is 42.7 Å². The summed E-state index contributed by atoms with van der Waals surface area (Å²) in [5.41, 5.74) is 2.64. The van der Waals surface area contributed by atoms with Gasteiger partial charge in [-0.15, -0.1) is 5.10 Å². The van der Waals surface area contributed by atoms with Crippen molar-refractivity contribution in [1.29, 1.82) is 0 Å². The molecule has 0 fully saturated rings. The first-order chi connectivity index (χ1) is 15.5. The number of aromatic nitrogens is 4. The standard InChI is InChI=1S/C24H30N4O4/c1-5-7-21-26-23(24(31-3,32-4)13-6-2)27-28(21)16-17-8-10-18(11-9-17)20-15-25-14-12-19(20)22(29)30/h8-12,14-15H,5-7,13,16H2,1-4H3,(H,29,30). The molecule has 0 unspecified atom stereocenters. The SMILES string of the molecule is CCCc1nc(C(CCC)(OC)OC)nn1Cc1ccc(-c2cnccc2C(=O)O)cc1. The maximum atomic E-state index is 11.5. The molecule has 0 saturated carbocycles. The van der Waals surface area contributed by atoms with Gasteiger partial charge in [0.2, 0.25) is 11.6 Å². The van der Waals surface area contributed by atoms with Crippen molar-refractivity contribution in [2.24, 2.45) is 0 Å². The maximum Gasteiger partial charge on any atom is 0.336 e. The van der Waals surface area contributed by atoms with Crippen molar-refractivity contribution >= 4 is 5.97 Å². The van der Waals surface area contributed by atoms with E-state index in [0.717, 1.165) is 36.2 Å². The highest BCUT2D eigenvalue weighted by Gasteiger charge is 2.36. The summed E-state index contributed by atoms with van der Waals surface area (Å²) in [6, 6.07) is 9.26. The van der Waals surface area contributed by atoms with Gasteiger partial charge in [-0.3, -0.25) is 4.98 Å². The fraction of sp³-hybridized carbons (Fsp3) is 0.417. The molecule has 0 amide bonds. The van der Waals surface area contributed by atoms with Gasteiger partial charge in [0.1, 0.15) is 5.82 Å². The van der Waals surface area contributed by atoms with Gasteiger partial charge in [-0.2, -0.15) is 0 Å². The van der Waals surface area contributed by atoms with Gasteiger partial charge in [-0.1, -0.05) is 44.5 Å². The van der Waals surface area contributed by atoms with Crippen LogP contribution in [0.2, 0.25) is 0 Å². The summed E-state index contributed by atoms with van der Waals surface area (Å²) in [4.78, 5) is 20.3. The van der Waals surface area contributed by atoms with Crippen LogP contribution >= 0.6 is 0 Å². The number of ether oxygens (including phenoxy) is 2. The number of carboxylic acid groups (broad SMARTS) is 1. The Morgan fingerprint density at radius 3 is 2.41 bits per heavy atom. The Morgan fingerprint density at radius 2 is 1.81 bits per heavy atom. The molecule has 1 N–H and O–H groups in total. The molecule has 170 valence electrons. The van der Waals surface area contributed by atoms with Crippen LogP contribution in [0.1, 0.15) is 60.7 Å². The third kappa shape index (κ3) is 4.87. The number of hydrogen-bond donors (Lipinski definition) is 1. The Labute approximate surface area is 188 Å². The first-order valence-corrected chi connectivity index (χ1v) is 10.8. The van der Waals surface area contributed by atoms with Crippen LogP contribution in [0, 0.1) is 0 Å². The molecule has 8 nitrogen and oxygen atoms in total. The van der Waals surface area contributed by atoms with Crippen LogP contribution in [0.25, 0.3) is 11.1 Å². The van der Waals surface area contributed by atoms with E-state index in [4.69, 9.17) is 19.6 Å². The summed E-state index contributed by atoms with van der Waals surface area (Å²) in [5.74, 6) is -0.523. The first kappa shape index (κ1) is 23.6. The normalized spacial score (nSPS) is 11.6. The summed E-state index contributed by atoms with van der Waals surface area (Å²) in [7, 11) is 3.23. The topological polar surface area (TPSA) is 99.4 Å². The van der Waals surface area contributed by atoms with E-state index in [9.17, 15) is 9.90 Å². The van der Waals surface area contributed by atoms with Gasteiger partial charge in [0.05, 0.1) is 12.1 Å². The number of benzene rings is 1. The van der Waals surface area contributed by atoms with Gasteiger partial charge in [0.25, 0.3) is 0 Å². The first-order valence-electron chi connectivity index (χ1n) is 10.8. The minimum Gasteiger partial charge on any atom is -0.478 e. The molecule has 0 atom stereocenters. The second-order valence-electron chi connectivity index (χ2n) is 7.59. The molecule has 0 aliphatic heterocycles. The minimum absolute atomic E-state index is 0.227. The minimum atomic E-state index is -0.974. The van der Waals surface area contributed by atoms with E-state index in [-0.39, 0.29) is 5.56 Å². The largest absolute Gasteiger partial charge is 0.478 e. The number of aryl methyl sites for hydroxylation is 1. The number of rotatable bonds is 11. The molecule has 0 aliphatic carbocycles. The van der Waals surface area contributed by atoms with Crippen LogP contribution in [-0.4, -0.2) is 45.0 Å². The van der Waals surface area contributed by atoms with Gasteiger partial charge in [0, 0.05) is 45.0 Å². The van der Waals surface area contributed by atoms with Crippen molar-refractivity contribution < 1.29 is 19.4 Å². The Balaban J connectivity index is 1.90. The maximum absolute atomic E-state index is 11.5.